The molecule has 0 spiro atoms. The van der Waals surface area contributed by atoms with Crippen LogP contribution in [-0.2, 0) is 4.74 Å². The third-order valence-corrected chi connectivity index (χ3v) is 6.50. The third kappa shape index (κ3) is 4.14. The molecule has 0 radical (unpaired) electrons. The highest BCUT2D eigenvalue weighted by atomic mass is 16.5. The molecule has 2 saturated heterocycles. The molecule has 1 aromatic carbocycles. The zero-order chi connectivity index (χ0) is 22.1. The van der Waals surface area contributed by atoms with Crippen molar-refractivity contribution in [3.63, 3.8) is 0 Å². The molecule has 168 valence electrons. The standard InChI is InChI=1S/C25H31N5O2/c1-18(2)30-24-22(16-26-30)21(15-23(27-24)19-7-4-3-5-8-19)25(31)29-12-10-28(11-13-29)17-20-9-6-14-32-20/h3-5,7-8,15-16,18,20H,6,9-14,17H2,1-2H3/t20-/m0/s1. The number of benzene rings is 1. The van der Waals surface area contributed by atoms with E-state index in [-0.39, 0.29) is 11.9 Å². The zero-order valence-electron chi connectivity index (χ0n) is 18.9. The van der Waals surface area contributed by atoms with Crippen molar-refractivity contribution in [3.05, 3.63) is 48.2 Å². The van der Waals surface area contributed by atoms with E-state index in [1.165, 1.54) is 0 Å². The molecule has 0 bridgehead atoms. The number of hydrogen-bond acceptors (Lipinski definition) is 5. The summed E-state index contributed by atoms with van der Waals surface area (Å²) in [5, 5.41) is 5.37. The Kier molecular flexibility index (Phi) is 5.93. The number of carbonyl (C=O) groups excluding carboxylic acids is 1. The van der Waals surface area contributed by atoms with E-state index in [2.05, 4.69) is 23.8 Å². The molecule has 1 atom stereocenters. The SMILES string of the molecule is CC(C)n1ncc2c(C(=O)N3CCN(C[C@@H]4CCCO4)CC3)cc(-c3ccccc3)nc21. The first kappa shape index (κ1) is 21.1. The van der Waals surface area contributed by atoms with Gasteiger partial charge in [0.15, 0.2) is 5.65 Å². The summed E-state index contributed by atoms with van der Waals surface area (Å²) in [6.45, 7) is 9.25. The molecule has 7 nitrogen and oxygen atoms in total. The number of hydrogen-bond donors (Lipinski definition) is 0. The maximum absolute atomic E-state index is 13.6. The van der Waals surface area contributed by atoms with Crippen molar-refractivity contribution in [2.45, 2.75) is 38.8 Å². The minimum atomic E-state index is 0.0645. The quantitative estimate of drug-likeness (QED) is 0.615. The van der Waals surface area contributed by atoms with Gasteiger partial charge in [-0.05, 0) is 32.8 Å². The molecule has 2 aliphatic heterocycles. The second kappa shape index (κ2) is 9.00. The molecule has 0 unspecified atom stereocenters. The van der Waals surface area contributed by atoms with E-state index >= 15 is 0 Å². The van der Waals surface area contributed by atoms with Gasteiger partial charge in [0.2, 0.25) is 0 Å². The van der Waals surface area contributed by atoms with E-state index in [0.29, 0.717) is 11.7 Å². The number of pyridine rings is 1. The minimum Gasteiger partial charge on any atom is -0.377 e. The second-order valence-corrected chi connectivity index (χ2v) is 9.07. The van der Waals surface area contributed by atoms with Gasteiger partial charge in [-0.3, -0.25) is 9.69 Å². The Morgan fingerprint density at radius 3 is 2.62 bits per heavy atom. The number of piperazine rings is 1. The lowest BCUT2D eigenvalue weighted by Gasteiger charge is -2.35. The van der Waals surface area contributed by atoms with Crippen LogP contribution >= 0.6 is 0 Å². The first-order valence-corrected chi connectivity index (χ1v) is 11.7. The summed E-state index contributed by atoms with van der Waals surface area (Å²) in [7, 11) is 0. The normalized spacial score (nSPS) is 19.8. The van der Waals surface area contributed by atoms with Crippen molar-refractivity contribution in [2.75, 3.05) is 39.3 Å². The summed E-state index contributed by atoms with van der Waals surface area (Å²) in [6.07, 6.45) is 4.45. The van der Waals surface area contributed by atoms with Crippen molar-refractivity contribution in [3.8, 4) is 11.3 Å². The number of fused-ring (bicyclic) bond motifs is 1. The van der Waals surface area contributed by atoms with Gasteiger partial charge in [-0.1, -0.05) is 30.3 Å². The molecule has 7 heteroatoms. The molecule has 2 aromatic heterocycles. The Hall–Kier alpha value is -2.77. The lowest BCUT2D eigenvalue weighted by molar-refractivity contribution is 0.0433. The lowest BCUT2D eigenvalue weighted by atomic mass is 10.1. The Bertz CT molecular complexity index is 1080. The van der Waals surface area contributed by atoms with Gasteiger partial charge in [0.1, 0.15) is 0 Å². The van der Waals surface area contributed by atoms with Crippen LogP contribution in [0.1, 0.15) is 43.1 Å². The average molecular weight is 434 g/mol. The lowest BCUT2D eigenvalue weighted by Crippen LogP contribution is -2.50. The molecule has 1 amide bonds. The minimum absolute atomic E-state index is 0.0645. The van der Waals surface area contributed by atoms with Gasteiger partial charge < -0.3 is 9.64 Å². The van der Waals surface area contributed by atoms with E-state index in [1.807, 2.05) is 46.0 Å². The van der Waals surface area contributed by atoms with Crippen molar-refractivity contribution in [1.82, 2.24) is 24.6 Å². The van der Waals surface area contributed by atoms with Gasteiger partial charge in [0.25, 0.3) is 5.91 Å². The second-order valence-electron chi connectivity index (χ2n) is 9.07. The van der Waals surface area contributed by atoms with Gasteiger partial charge in [-0.2, -0.15) is 5.10 Å². The van der Waals surface area contributed by atoms with Crippen LogP contribution in [0.2, 0.25) is 0 Å². The maximum Gasteiger partial charge on any atom is 0.254 e. The molecule has 0 saturated carbocycles. The van der Waals surface area contributed by atoms with Crippen molar-refractivity contribution in [1.29, 1.82) is 0 Å². The molecule has 3 aromatic rings. The predicted octanol–water partition coefficient (Wildman–Crippen LogP) is 3.62. The van der Waals surface area contributed by atoms with Crippen molar-refractivity contribution < 1.29 is 9.53 Å². The van der Waals surface area contributed by atoms with Crippen LogP contribution in [0.25, 0.3) is 22.3 Å². The zero-order valence-corrected chi connectivity index (χ0v) is 18.9. The highest BCUT2D eigenvalue weighted by Crippen LogP contribution is 2.27. The van der Waals surface area contributed by atoms with E-state index in [4.69, 9.17) is 9.72 Å². The molecule has 4 heterocycles. The number of nitrogens with zero attached hydrogens (tertiary/aromatic N) is 5. The highest BCUT2D eigenvalue weighted by Gasteiger charge is 2.27. The van der Waals surface area contributed by atoms with Crippen LogP contribution in [0.15, 0.2) is 42.6 Å². The van der Waals surface area contributed by atoms with Crippen LogP contribution < -0.4 is 0 Å². The van der Waals surface area contributed by atoms with Gasteiger partial charge in [-0.25, -0.2) is 9.67 Å². The molecule has 5 rings (SSSR count). The number of aromatic nitrogens is 3. The summed E-state index contributed by atoms with van der Waals surface area (Å²) in [4.78, 5) is 22.9. The first-order valence-electron chi connectivity index (χ1n) is 11.7. The monoisotopic (exact) mass is 433 g/mol. The van der Waals surface area contributed by atoms with E-state index < -0.39 is 0 Å². The molecular weight excluding hydrogens is 402 g/mol. The molecule has 2 aliphatic rings. The van der Waals surface area contributed by atoms with E-state index in [1.54, 1.807) is 6.20 Å². The number of rotatable bonds is 5. The molecule has 0 N–H and O–H groups in total. The fourth-order valence-electron chi connectivity index (χ4n) is 4.71. The van der Waals surface area contributed by atoms with Crippen LogP contribution in [0, 0.1) is 0 Å². The highest BCUT2D eigenvalue weighted by molar-refractivity contribution is 6.06. The van der Waals surface area contributed by atoms with Crippen LogP contribution in [0.3, 0.4) is 0 Å². The number of amides is 1. The Morgan fingerprint density at radius 1 is 1.16 bits per heavy atom. The molecule has 0 aliphatic carbocycles. The maximum atomic E-state index is 13.6. The molecular formula is C25H31N5O2. The van der Waals surface area contributed by atoms with Gasteiger partial charge >= 0.3 is 0 Å². The summed E-state index contributed by atoms with van der Waals surface area (Å²) in [5.41, 5.74) is 3.26. The van der Waals surface area contributed by atoms with Crippen LogP contribution in [0.5, 0.6) is 0 Å². The molecule has 2 fully saturated rings. The van der Waals surface area contributed by atoms with Crippen molar-refractivity contribution >= 4 is 16.9 Å². The number of carbonyl (C=O) groups is 1. The van der Waals surface area contributed by atoms with Gasteiger partial charge in [0, 0.05) is 50.9 Å². The third-order valence-electron chi connectivity index (χ3n) is 6.50. The van der Waals surface area contributed by atoms with Gasteiger partial charge in [0.05, 0.1) is 28.9 Å². The molecule has 32 heavy (non-hydrogen) atoms. The fraction of sp³-hybridized carbons (Fsp3) is 0.480. The Labute approximate surface area is 189 Å². The largest absolute Gasteiger partial charge is 0.377 e. The Morgan fingerprint density at radius 2 is 1.94 bits per heavy atom. The summed E-state index contributed by atoms with van der Waals surface area (Å²) in [5.74, 6) is 0.0645. The summed E-state index contributed by atoms with van der Waals surface area (Å²) in [6, 6.07) is 12.1. The fourth-order valence-corrected chi connectivity index (χ4v) is 4.71. The predicted molar refractivity (Wildman–Crippen MR) is 125 cm³/mol. The van der Waals surface area contributed by atoms with Crippen molar-refractivity contribution in [2.24, 2.45) is 0 Å². The first-order chi connectivity index (χ1) is 15.6. The van der Waals surface area contributed by atoms with E-state index in [0.717, 1.165) is 74.5 Å². The van der Waals surface area contributed by atoms with Gasteiger partial charge in [-0.15, -0.1) is 0 Å². The van der Waals surface area contributed by atoms with Crippen LogP contribution in [-0.4, -0.2) is 75.9 Å². The van der Waals surface area contributed by atoms with Crippen LogP contribution in [0.4, 0.5) is 0 Å². The summed E-state index contributed by atoms with van der Waals surface area (Å²) >= 11 is 0. The summed E-state index contributed by atoms with van der Waals surface area (Å²) < 4.78 is 7.69. The number of ether oxygens (including phenoxy) is 1. The van der Waals surface area contributed by atoms with E-state index in [9.17, 15) is 4.79 Å². The smallest absolute Gasteiger partial charge is 0.254 e. The Balaban J connectivity index is 1.42. The topological polar surface area (TPSA) is 63.5 Å². The average Bonchev–Trinajstić information content (AvgIpc) is 3.49.